The van der Waals surface area contributed by atoms with Crippen molar-refractivity contribution in [2.24, 2.45) is 4.99 Å². The summed E-state index contributed by atoms with van der Waals surface area (Å²) in [6.45, 7) is 4.70. The van der Waals surface area contributed by atoms with E-state index in [0.717, 1.165) is 32.0 Å². The predicted molar refractivity (Wildman–Crippen MR) is 99.5 cm³/mol. The van der Waals surface area contributed by atoms with Crippen LogP contribution in [0, 0.1) is 0 Å². The molecule has 1 unspecified atom stereocenters. The number of aliphatic imine (C=N–C) groups is 1. The minimum atomic E-state index is -4.14. The molecule has 1 fully saturated rings. The van der Waals surface area contributed by atoms with E-state index in [4.69, 9.17) is 0 Å². The van der Waals surface area contributed by atoms with Crippen LogP contribution in [0.25, 0.3) is 0 Å². The molecular formula is C19H29F3N4. The molecule has 0 amide bonds. The number of benzene rings is 1. The molecule has 1 atom stereocenters. The second-order valence-electron chi connectivity index (χ2n) is 6.78. The summed E-state index contributed by atoms with van der Waals surface area (Å²) in [4.78, 5) is 8.16. The SMILES string of the molecule is CCNC(=NCCCN(C)CC(F)(F)F)N1CCC(c2ccccc2)C1. The van der Waals surface area contributed by atoms with Crippen molar-refractivity contribution in [1.29, 1.82) is 0 Å². The number of rotatable bonds is 7. The molecule has 0 radical (unpaired) electrons. The zero-order valence-electron chi connectivity index (χ0n) is 15.6. The minimum Gasteiger partial charge on any atom is -0.357 e. The summed E-state index contributed by atoms with van der Waals surface area (Å²) in [5.74, 6) is 1.36. The first-order chi connectivity index (χ1) is 12.4. The highest BCUT2D eigenvalue weighted by Gasteiger charge is 2.29. The van der Waals surface area contributed by atoms with E-state index < -0.39 is 12.7 Å². The van der Waals surface area contributed by atoms with Crippen LogP contribution in [0.5, 0.6) is 0 Å². The van der Waals surface area contributed by atoms with Gasteiger partial charge in [0.15, 0.2) is 5.96 Å². The van der Waals surface area contributed by atoms with Crippen molar-refractivity contribution >= 4 is 5.96 Å². The van der Waals surface area contributed by atoms with Gasteiger partial charge in [0.05, 0.1) is 6.54 Å². The quantitative estimate of drug-likeness (QED) is 0.454. The lowest BCUT2D eigenvalue weighted by molar-refractivity contribution is -0.143. The van der Waals surface area contributed by atoms with Gasteiger partial charge in [-0.15, -0.1) is 0 Å². The standard InChI is InChI=1S/C19H29F3N4/c1-3-23-18(24-11-7-12-25(2)15-19(20,21)22)26-13-10-17(14-26)16-8-5-4-6-9-16/h4-6,8-9,17H,3,7,10-15H2,1-2H3,(H,23,24). The molecule has 1 aliphatic rings. The first-order valence-electron chi connectivity index (χ1n) is 9.22. The number of alkyl halides is 3. The number of hydrogen-bond donors (Lipinski definition) is 1. The molecule has 0 spiro atoms. The van der Waals surface area contributed by atoms with Gasteiger partial charge >= 0.3 is 6.18 Å². The van der Waals surface area contributed by atoms with Gasteiger partial charge < -0.3 is 10.2 Å². The van der Waals surface area contributed by atoms with Crippen LogP contribution in [-0.2, 0) is 0 Å². The van der Waals surface area contributed by atoms with E-state index in [1.54, 1.807) is 0 Å². The normalized spacial score (nSPS) is 18.6. The Hall–Kier alpha value is -1.76. The van der Waals surface area contributed by atoms with Crippen molar-refractivity contribution in [1.82, 2.24) is 15.1 Å². The number of hydrogen-bond acceptors (Lipinski definition) is 2. The summed E-state index contributed by atoms with van der Waals surface area (Å²) in [7, 11) is 1.49. The van der Waals surface area contributed by atoms with Crippen LogP contribution < -0.4 is 5.32 Å². The molecule has 0 bridgehead atoms. The maximum atomic E-state index is 12.3. The van der Waals surface area contributed by atoms with Crippen molar-refractivity contribution in [2.75, 3.05) is 46.3 Å². The number of nitrogens with zero attached hydrogens (tertiary/aromatic N) is 3. The fraction of sp³-hybridized carbons (Fsp3) is 0.632. The molecule has 1 N–H and O–H groups in total. The molecule has 1 saturated heterocycles. The maximum absolute atomic E-state index is 12.3. The second kappa shape index (κ2) is 9.80. The van der Waals surface area contributed by atoms with Crippen LogP contribution >= 0.6 is 0 Å². The van der Waals surface area contributed by atoms with Gasteiger partial charge in [0.2, 0.25) is 0 Å². The molecule has 146 valence electrons. The van der Waals surface area contributed by atoms with Gasteiger partial charge in [0.25, 0.3) is 0 Å². The van der Waals surface area contributed by atoms with Crippen LogP contribution in [-0.4, -0.2) is 68.3 Å². The van der Waals surface area contributed by atoms with E-state index in [9.17, 15) is 13.2 Å². The van der Waals surface area contributed by atoms with E-state index >= 15 is 0 Å². The van der Waals surface area contributed by atoms with Crippen LogP contribution in [0.2, 0.25) is 0 Å². The van der Waals surface area contributed by atoms with Gasteiger partial charge in [-0.25, -0.2) is 0 Å². The zero-order valence-corrected chi connectivity index (χ0v) is 15.6. The van der Waals surface area contributed by atoms with E-state index in [1.807, 2.05) is 13.0 Å². The summed E-state index contributed by atoms with van der Waals surface area (Å²) >= 11 is 0. The molecule has 0 saturated carbocycles. The molecule has 7 heteroatoms. The van der Waals surface area contributed by atoms with E-state index in [1.165, 1.54) is 17.5 Å². The summed E-state index contributed by atoms with van der Waals surface area (Å²) in [5, 5.41) is 3.31. The fourth-order valence-corrected chi connectivity index (χ4v) is 3.29. The van der Waals surface area contributed by atoms with Crippen molar-refractivity contribution in [3.63, 3.8) is 0 Å². The Labute approximate surface area is 154 Å². The molecule has 26 heavy (non-hydrogen) atoms. The van der Waals surface area contributed by atoms with Crippen LogP contribution in [0.4, 0.5) is 13.2 Å². The molecular weight excluding hydrogens is 341 g/mol. The van der Waals surface area contributed by atoms with Gasteiger partial charge in [-0.1, -0.05) is 30.3 Å². The highest BCUT2D eigenvalue weighted by Crippen LogP contribution is 2.26. The second-order valence-corrected chi connectivity index (χ2v) is 6.78. The van der Waals surface area contributed by atoms with Crippen molar-refractivity contribution in [3.05, 3.63) is 35.9 Å². The van der Waals surface area contributed by atoms with E-state index in [0.29, 0.717) is 25.4 Å². The minimum absolute atomic E-state index is 0.384. The summed E-state index contributed by atoms with van der Waals surface area (Å²) < 4.78 is 37.0. The first kappa shape index (κ1) is 20.6. The van der Waals surface area contributed by atoms with E-state index in [2.05, 4.69) is 39.5 Å². The van der Waals surface area contributed by atoms with Gasteiger partial charge in [-0.05, 0) is 38.9 Å². The monoisotopic (exact) mass is 370 g/mol. The Morgan fingerprint density at radius 1 is 1.31 bits per heavy atom. The Morgan fingerprint density at radius 2 is 2.04 bits per heavy atom. The molecule has 0 aromatic heterocycles. The smallest absolute Gasteiger partial charge is 0.357 e. The van der Waals surface area contributed by atoms with Gasteiger partial charge in [-0.2, -0.15) is 13.2 Å². The van der Waals surface area contributed by atoms with Crippen molar-refractivity contribution in [3.8, 4) is 0 Å². The topological polar surface area (TPSA) is 30.9 Å². The Kier molecular flexibility index (Phi) is 7.75. The Morgan fingerprint density at radius 3 is 2.69 bits per heavy atom. The summed E-state index contributed by atoms with van der Waals surface area (Å²) in [6.07, 6.45) is -2.45. The molecule has 0 aliphatic carbocycles. The molecule has 1 aliphatic heterocycles. The number of halogens is 3. The average Bonchev–Trinajstić information content (AvgIpc) is 3.07. The highest BCUT2D eigenvalue weighted by atomic mass is 19.4. The average molecular weight is 370 g/mol. The third-order valence-corrected chi connectivity index (χ3v) is 4.50. The lowest BCUT2D eigenvalue weighted by Gasteiger charge is -2.22. The Balaban J connectivity index is 1.83. The predicted octanol–water partition coefficient (Wildman–Crippen LogP) is 3.33. The van der Waals surface area contributed by atoms with Gasteiger partial charge in [-0.3, -0.25) is 9.89 Å². The maximum Gasteiger partial charge on any atom is 0.401 e. The highest BCUT2D eigenvalue weighted by molar-refractivity contribution is 5.80. The van der Waals surface area contributed by atoms with Gasteiger partial charge in [0.1, 0.15) is 0 Å². The first-order valence-corrected chi connectivity index (χ1v) is 9.22. The molecule has 1 aromatic carbocycles. The molecule has 4 nitrogen and oxygen atoms in total. The van der Waals surface area contributed by atoms with E-state index in [-0.39, 0.29) is 0 Å². The van der Waals surface area contributed by atoms with Crippen molar-refractivity contribution in [2.45, 2.75) is 31.9 Å². The van der Waals surface area contributed by atoms with Crippen LogP contribution in [0.3, 0.4) is 0 Å². The third kappa shape index (κ3) is 6.86. The zero-order chi connectivity index (χ0) is 19.0. The largest absolute Gasteiger partial charge is 0.401 e. The van der Waals surface area contributed by atoms with Crippen LogP contribution in [0.15, 0.2) is 35.3 Å². The lowest BCUT2D eigenvalue weighted by atomic mass is 9.99. The van der Waals surface area contributed by atoms with Crippen molar-refractivity contribution < 1.29 is 13.2 Å². The Bertz CT molecular complexity index is 560. The molecule has 2 rings (SSSR count). The number of nitrogens with one attached hydrogen (secondary N) is 1. The summed E-state index contributed by atoms with van der Waals surface area (Å²) in [5.41, 5.74) is 1.35. The third-order valence-electron chi connectivity index (χ3n) is 4.50. The molecule has 1 heterocycles. The number of likely N-dealkylation sites (tertiary alicyclic amines) is 1. The number of guanidine groups is 1. The fourth-order valence-electron chi connectivity index (χ4n) is 3.29. The molecule has 1 aromatic rings. The van der Waals surface area contributed by atoms with Gasteiger partial charge in [0, 0.05) is 32.1 Å². The van der Waals surface area contributed by atoms with Crippen LogP contribution in [0.1, 0.15) is 31.2 Å². The lowest BCUT2D eigenvalue weighted by Crippen LogP contribution is -2.40. The summed E-state index contributed by atoms with van der Waals surface area (Å²) in [6, 6.07) is 10.5.